The van der Waals surface area contributed by atoms with E-state index in [2.05, 4.69) is 10.6 Å². The van der Waals surface area contributed by atoms with Gasteiger partial charge >= 0.3 is 0 Å². The number of nitrogens with one attached hydrogen (secondary N) is 2. The number of thioether (sulfide) groups is 1. The third-order valence-electron chi connectivity index (χ3n) is 3.10. The Morgan fingerprint density at radius 1 is 1.29 bits per heavy atom. The number of benzene rings is 1. The first-order chi connectivity index (χ1) is 10.1. The van der Waals surface area contributed by atoms with E-state index >= 15 is 0 Å². The van der Waals surface area contributed by atoms with Crippen LogP contribution in [-0.4, -0.2) is 47.6 Å². The number of hydrogen-bond donors (Lipinski definition) is 3. The fourth-order valence-corrected chi connectivity index (χ4v) is 2.46. The van der Waals surface area contributed by atoms with Crippen molar-refractivity contribution in [2.45, 2.75) is 24.6 Å². The number of carbonyl (C=O) groups excluding carboxylic acids is 2. The molecule has 6 heteroatoms. The molecule has 3 N–H and O–H groups in total. The third kappa shape index (κ3) is 6.18. The van der Waals surface area contributed by atoms with Crippen LogP contribution in [0.2, 0.25) is 0 Å². The fraction of sp³-hybridized carbons (Fsp3) is 0.467. The fourth-order valence-electron chi connectivity index (χ4n) is 1.84. The maximum absolute atomic E-state index is 11.8. The van der Waals surface area contributed by atoms with Crippen LogP contribution in [0.3, 0.4) is 0 Å². The zero-order valence-electron chi connectivity index (χ0n) is 12.3. The Morgan fingerprint density at radius 2 is 1.95 bits per heavy atom. The molecule has 116 valence electrons. The van der Waals surface area contributed by atoms with Crippen LogP contribution in [0.25, 0.3) is 0 Å². The minimum Gasteiger partial charge on any atom is -0.395 e. The van der Waals surface area contributed by atoms with Crippen LogP contribution >= 0.6 is 11.8 Å². The average Bonchev–Trinajstić information content (AvgIpc) is 2.49. The van der Waals surface area contributed by atoms with Crippen LogP contribution in [-0.2, 0) is 4.79 Å². The summed E-state index contributed by atoms with van der Waals surface area (Å²) in [5.74, 6) is -0.322. The van der Waals surface area contributed by atoms with E-state index < -0.39 is 0 Å². The monoisotopic (exact) mass is 310 g/mol. The maximum atomic E-state index is 11.8. The molecule has 0 saturated heterocycles. The number of aliphatic hydroxyl groups excluding tert-OH is 1. The minimum atomic E-state index is -0.186. The van der Waals surface area contributed by atoms with Gasteiger partial charge in [0.2, 0.25) is 5.91 Å². The van der Waals surface area contributed by atoms with Crippen LogP contribution < -0.4 is 10.6 Å². The summed E-state index contributed by atoms with van der Waals surface area (Å²) < 4.78 is 0. The molecule has 2 amide bonds. The van der Waals surface area contributed by atoms with Gasteiger partial charge in [-0.25, -0.2) is 0 Å². The lowest BCUT2D eigenvalue weighted by atomic mass is 10.2. The maximum Gasteiger partial charge on any atom is 0.251 e. The van der Waals surface area contributed by atoms with Gasteiger partial charge in [-0.2, -0.15) is 11.8 Å². The first-order valence-corrected chi connectivity index (χ1v) is 8.13. The lowest BCUT2D eigenvalue weighted by Crippen LogP contribution is -2.42. The second-order valence-corrected chi connectivity index (χ2v) is 5.76. The minimum absolute atomic E-state index is 0.0205. The van der Waals surface area contributed by atoms with E-state index in [9.17, 15) is 9.59 Å². The predicted octanol–water partition coefficient (Wildman–Crippen LogP) is 1.04. The molecule has 0 fully saturated rings. The van der Waals surface area contributed by atoms with Crippen LogP contribution in [0.5, 0.6) is 0 Å². The van der Waals surface area contributed by atoms with Gasteiger partial charge in [-0.15, -0.1) is 0 Å². The summed E-state index contributed by atoms with van der Waals surface area (Å²) in [7, 11) is 0. The number of aliphatic hydroxyl groups is 1. The van der Waals surface area contributed by atoms with E-state index in [0.29, 0.717) is 5.56 Å². The highest BCUT2D eigenvalue weighted by molar-refractivity contribution is 7.99. The van der Waals surface area contributed by atoms with Gasteiger partial charge in [-0.1, -0.05) is 18.2 Å². The Balaban J connectivity index is 2.29. The van der Waals surface area contributed by atoms with Crippen molar-refractivity contribution in [3.05, 3.63) is 35.9 Å². The first kappa shape index (κ1) is 17.5. The highest BCUT2D eigenvalue weighted by Crippen LogP contribution is 2.10. The number of amides is 2. The molecule has 5 nitrogen and oxygen atoms in total. The quantitative estimate of drug-likeness (QED) is 0.670. The standard InChI is InChI=1S/C15H22N2O3S/c1-11(13(10-18)21-2)17-14(19)8-9-16-15(20)12-6-4-3-5-7-12/h3-7,11,13,18H,8-10H2,1-2H3,(H,16,20)(H,17,19). The molecule has 0 spiro atoms. The molecule has 2 atom stereocenters. The summed E-state index contributed by atoms with van der Waals surface area (Å²) in [6, 6.07) is 8.77. The summed E-state index contributed by atoms with van der Waals surface area (Å²) in [5.41, 5.74) is 0.578. The van der Waals surface area contributed by atoms with Crippen molar-refractivity contribution < 1.29 is 14.7 Å². The highest BCUT2D eigenvalue weighted by atomic mass is 32.2. The molecule has 0 aromatic heterocycles. The molecule has 21 heavy (non-hydrogen) atoms. The largest absolute Gasteiger partial charge is 0.395 e. The van der Waals surface area contributed by atoms with E-state index in [-0.39, 0.29) is 42.7 Å². The van der Waals surface area contributed by atoms with Gasteiger partial charge in [0.1, 0.15) is 0 Å². The van der Waals surface area contributed by atoms with Gasteiger partial charge in [-0.3, -0.25) is 9.59 Å². The zero-order chi connectivity index (χ0) is 15.7. The van der Waals surface area contributed by atoms with Crippen molar-refractivity contribution in [1.29, 1.82) is 0 Å². The SMILES string of the molecule is CSC(CO)C(C)NC(=O)CCNC(=O)c1ccccc1. The lowest BCUT2D eigenvalue weighted by Gasteiger charge is -2.21. The molecule has 0 aliphatic rings. The number of hydrogen-bond acceptors (Lipinski definition) is 4. The Kier molecular flexibility index (Phi) is 7.85. The molecular weight excluding hydrogens is 288 g/mol. The zero-order valence-corrected chi connectivity index (χ0v) is 13.2. The van der Waals surface area contributed by atoms with E-state index in [1.807, 2.05) is 19.2 Å². The first-order valence-electron chi connectivity index (χ1n) is 6.84. The topological polar surface area (TPSA) is 78.4 Å². The Bertz CT molecular complexity index is 449. The molecule has 1 aromatic rings. The van der Waals surface area contributed by atoms with E-state index in [1.54, 1.807) is 24.3 Å². The molecule has 2 unspecified atom stereocenters. The van der Waals surface area contributed by atoms with Gasteiger partial charge in [0.15, 0.2) is 0 Å². The van der Waals surface area contributed by atoms with Gasteiger partial charge in [0, 0.05) is 29.8 Å². The Hall–Kier alpha value is -1.53. The van der Waals surface area contributed by atoms with Crippen molar-refractivity contribution in [3.63, 3.8) is 0 Å². The molecular formula is C15H22N2O3S. The van der Waals surface area contributed by atoms with Crippen LogP contribution in [0, 0.1) is 0 Å². The van der Waals surface area contributed by atoms with Crippen LogP contribution in [0.15, 0.2) is 30.3 Å². The van der Waals surface area contributed by atoms with Crippen molar-refractivity contribution in [3.8, 4) is 0 Å². The van der Waals surface area contributed by atoms with Crippen molar-refractivity contribution >= 4 is 23.6 Å². The summed E-state index contributed by atoms with van der Waals surface area (Å²) in [6.45, 7) is 2.17. The van der Waals surface area contributed by atoms with E-state index in [4.69, 9.17) is 5.11 Å². The molecule has 0 heterocycles. The summed E-state index contributed by atoms with van der Waals surface area (Å²) in [6.07, 6.45) is 2.11. The predicted molar refractivity (Wildman–Crippen MR) is 85.4 cm³/mol. The van der Waals surface area contributed by atoms with Gasteiger partial charge in [-0.05, 0) is 25.3 Å². The van der Waals surface area contributed by atoms with E-state index in [0.717, 1.165) is 0 Å². The Labute approximate surface area is 129 Å². The summed E-state index contributed by atoms with van der Waals surface area (Å²) >= 11 is 1.51. The molecule has 1 rings (SSSR count). The van der Waals surface area contributed by atoms with Crippen LogP contribution in [0.4, 0.5) is 0 Å². The van der Waals surface area contributed by atoms with Gasteiger partial charge < -0.3 is 15.7 Å². The number of rotatable bonds is 8. The number of carbonyl (C=O) groups is 2. The van der Waals surface area contributed by atoms with Crippen molar-refractivity contribution in [2.24, 2.45) is 0 Å². The second-order valence-electron chi connectivity index (χ2n) is 4.68. The van der Waals surface area contributed by atoms with Gasteiger partial charge in [0.25, 0.3) is 5.91 Å². The molecule has 0 bridgehead atoms. The summed E-state index contributed by atoms with van der Waals surface area (Å²) in [5, 5.41) is 14.7. The lowest BCUT2D eigenvalue weighted by molar-refractivity contribution is -0.121. The molecule has 0 saturated carbocycles. The van der Waals surface area contributed by atoms with Crippen molar-refractivity contribution in [2.75, 3.05) is 19.4 Å². The van der Waals surface area contributed by atoms with Crippen LogP contribution in [0.1, 0.15) is 23.7 Å². The van der Waals surface area contributed by atoms with E-state index in [1.165, 1.54) is 11.8 Å². The van der Waals surface area contributed by atoms with Gasteiger partial charge in [0.05, 0.1) is 6.61 Å². The molecule has 0 aliphatic carbocycles. The normalized spacial score (nSPS) is 13.3. The Morgan fingerprint density at radius 3 is 2.52 bits per heavy atom. The average molecular weight is 310 g/mol. The molecule has 1 aromatic carbocycles. The summed E-state index contributed by atoms with van der Waals surface area (Å²) in [4.78, 5) is 23.5. The smallest absolute Gasteiger partial charge is 0.251 e. The highest BCUT2D eigenvalue weighted by Gasteiger charge is 2.17. The second kappa shape index (κ2) is 9.41. The van der Waals surface area contributed by atoms with Crippen molar-refractivity contribution in [1.82, 2.24) is 10.6 Å². The molecule has 0 aliphatic heterocycles. The molecule has 0 radical (unpaired) electrons. The third-order valence-corrected chi connectivity index (χ3v) is 4.27.